The number of aromatic carboxylic acids is 1. The second kappa shape index (κ2) is 8.12. The van der Waals surface area contributed by atoms with Gasteiger partial charge in [0.2, 0.25) is 0 Å². The van der Waals surface area contributed by atoms with Gasteiger partial charge in [-0.15, -0.1) is 11.3 Å². The van der Waals surface area contributed by atoms with Gasteiger partial charge in [-0.3, -0.25) is 0 Å². The molecule has 2 N–H and O–H groups in total. The molecule has 30 heavy (non-hydrogen) atoms. The molecule has 0 atom stereocenters. The molecule has 0 unspecified atom stereocenters. The quantitative estimate of drug-likeness (QED) is 0.410. The van der Waals surface area contributed by atoms with Crippen molar-refractivity contribution in [2.75, 3.05) is 11.9 Å². The third-order valence-electron chi connectivity index (χ3n) is 4.86. The van der Waals surface area contributed by atoms with E-state index < -0.39 is 5.97 Å². The van der Waals surface area contributed by atoms with Crippen molar-refractivity contribution in [2.45, 2.75) is 20.8 Å². The third kappa shape index (κ3) is 3.71. The molecule has 4 rings (SSSR count). The fourth-order valence-electron chi connectivity index (χ4n) is 3.39. The van der Waals surface area contributed by atoms with Crippen LogP contribution in [0.2, 0.25) is 0 Å². The van der Waals surface area contributed by atoms with Crippen molar-refractivity contribution in [1.29, 1.82) is 0 Å². The normalized spacial score (nSPS) is 10.9. The van der Waals surface area contributed by atoms with E-state index in [9.17, 15) is 9.90 Å². The summed E-state index contributed by atoms with van der Waals surface area (Å²) in [4.78, 5) is 22.3. The van der Waals surface area contributed by atoms with Gasteiger partial charge in [-0.1, -0.05) is 18.2 Å². The van der Waals surface area contributed by atoms with Crippen molar-refractivity contribution in [3.05, 3.63) is 64.8 Å². The van der Waals surface area contributed by atoms with Crippen molar-refractivity contribution >= 4 is 39.0 Å². The number of ether oxygens (including phenoxy) is 1. The highest BCUT2D eigenvalue weighted by Crippen LogP contribution is 2.41. The summed E-state index contributed by atoms with van der Waals surface area (Å²) in [7, 11) is 0. The van der Waals surface area contributed by atoms with E-state index in [2.05, 4.69) is 22.2 Å². The van der Waals surface area contributed by atoms with Crippen LogP contribution in [-0.2, 0) is 0 Å². The first-order chi connectivity index (χ1) is 14.5. The van der Waals surface area contributed by atoms with E-state index in [1.54, 1.807) is 29.5 Å². The maximum Gasteiger partial charge on any atom is 0.335 e. The molecule has 0 aliphatic heterocycles. The van der Waals surface area contributed by atoms with Gasteiger partial charge in [0.15, 0.2) is 0 Å². The molecule has 6 nitrogen and oxygen atoms in total. The van der Waals surface area contributed by atoms with E-state index in [0.29, 0.717) is 18.1 Å². The van der Waals surface area contributed by atoms with Crippen molar-refractivity contribution in [2.24, 2.45) is 0 Å². The Morgan fingerprint density at radius 3 is 2.60 bits per heavy atom. The Balaban J connectivity index is 1.83. The summed E-state index contributed by atoms with van der Waals surface area (Å²) < 4.78 is 5.56. The van der Waals surface area contributed by atoms with E-state index in [1.165, 1.54) is 6.33 Å². The van der Waals surface area contributed by atoms with Crippen LogP contribution in [0.25, 0.3) is 21.3 Å². The average Bonchev–Trinajstić information content (AvgIpc) is 3.07. The summed E-state index contributed by atoms with van der Waals surface area (Å²) in [6, 6.07) is 13.0. The number of carboxylic acid groups (broad SMARTS) is 1. The molecule has 4 aromatic rings. The number of rotatable bonds is 6. The highest BCUT2D eigenvalue weighted by Gasteiger charge is 2.18. The molecular weight excluding hydrogens is 398 g/mol. The Morgan fingerprint density at radius 1 is 1.13 bits per heavy atom. The average molecular weight is 420 g/mol. The highest BCUT2D eigenvalue weighted by molar-refractivity contribution is 7.19. The molecule has 0 radical (unpaired) electrons. The third-order valence-corrected chi connectivity index (χ3v) is 5.87. The monoisotopic (exact) mass is 419 g/mol. The number of thiophene rings is 1. The number of hydrogen-bond acceptors (Lipinski definition) is 6. The van der Waals surface area contributed by atoms with E-state index in [-0.39, 0.29) is 5.56 Å². The van der Waals surface area contributed by atoms with Crippen LogP contribution in [0.3, 0.4) is 0 Å². The highest BCUT2D eigenvalue weighted by atomic mass is 32.1. The number of carboxylic acids is 1. The van der Waals surface area contributed by atoms with Gasteiger partial charge in [-0.05, 0) is 56.2 Å². The lowest BCUT2D eigenvalue weighted by Crippen LogP contribution is -2.01. The minimum Gasteiger partial charge on any atom is -0.494 e. The summed E-state index contributed by atoms with van der Waals surface area (Å²) in [5.41, 5.74) is 3.98. The van der Waals surface area contributed by atoms with Crippen molar-refractivity contribution < 1.29 is 14.6 Å². The number of benzene rings is 2. The molecule has 0 amide bonds. The Morgan fingerprint density at radius 2 is 1.90 bits per heavy atom. The molecule has 0 aliphatic carbocycles. The predicted octanol–water partition coefficient (Wildman–Crippen LogP) is 5.82. The van der Waals surface area contributed by atoms with Crippen molar-refractivity contribution in [3.63, 3.8) is 0 Å². The fraction of sp³-hybridized carbons (Fsp3) is 0.174. The molecule has 0 aliphatic rings. The Hall–Kier alpha value is -3.45. The molecule has 0 fully saturated rings. The fourth-order valence-corrected chi connectivity index (χ4v) is 4.40. The number of nitrogens with zero attached hydrogens (tertiary/aromatic N) is 2. The summed E-state index contributed by atoms with van der Waals surface area (Å²) in [5, 5.41) is 13.6. The predicted molar refractivity (Wildman–Crippen MR) is 120 cm³/mol. The van der Waals surface area contributed by atoms with Crippen LogP contribution in [-0.4, -0.2) is 27.7 Å². The smallest absolute Gasteiger partial charge is 0.335 e. The molecule has 152 valence electrons. The van der Waals surface area contributed by atoms with Gasteiger partial charge in [-0.2, -0.15) is 0 Å². The molecule has 2 aromatic carbocycles. The van der Waals surface area contributed by atoms with Crippen LogP contribution >= 0.6 is 11.3 Å². The van der Waals surface area contributed by atoms with Gasteiger partial charge in [0.05, 0.1) is 17.6 Å². The van der Waals surface area contributed by atoms with Crippen LogP contribution in [0.4, 0.5) is 11.5 Å². The zero-order valence-electron chi connectivity index (χ0n) is 16.9. The summed E-state index contributed by atoms with van der Waals surface area (Å²) >= 11 is 1.61. The first kappa shape index (κ1) is 19.8. The van der Waals surface area contributed by atoms with Gasteiger partial charge >= 0.3 is 5.97 Å². The number of carbonyl (C=O) groups is 1. The van der Waals surface area contributed by atoms with Crippen LogP contribution in [0, 0.1) is 13.8 Å². The zero-order valence-corrected chi connectivity index (χ0v) is 17.7. The number of hydrogen-bond donors (Lipinski definition) is 2. The Bertz CT molecular complexity index is 1230. The maximum atomic E-state index is 11.4. The largest absolute Gasteiger partial charge is 0.494 e. The van der Waals surface area contributed by atoms with Crippen molar-refractivity contribution in [1.82, 2.24) is 9.97 Å². The van der Waals surface area contributed by atoms with E-state index in [0.717, 1.165) is 37.5 Å². The van der Waals surface area contributed by atoms with Crippen LogP contribution in [0.5, 0.6) is 5.75 Å². The molecule has 0 saturated carbocycles. The van der Waals surface area contributed by atoms with Crippen LogP contribution in [0.1, 0.15) is 27.7 Å². The molecular formula is C23H21N3O3S. The zero-order chi connectivity index (χ0) is 21.3. The molecule has 0 spiro atoms. The number of fused-ring (bicyclic) bond motifs is 1. The molecule has 0 saturated heterocycles. The standard InChI is InChI=1S/C23H21N3O3S/c1-4-29-17-9-7-15(8-10-17)19-14(3)30-22-20(19)21(24-12-25-22)26-18-11-16(23(27)28)6-5-13(18)2/h5-12H,4H2,1-3H3,(H,27,28)(H,24,25,26). The molecule has 7 heteroatoms. The maximum absolute atomic E-state index is 11.4. The lowest BCUT2D eigenvalue weighted by atomic mass is 10.0. The first-order valence-corrected chi connectivity index (χ1v) is 10.4. The second-order valence-corrected chi connectivity index (χ2v) is 8.06. The van der Waals surface area contributed by atoms with E-state index in [1.807, 2.05) is 38.1 Å². The minimum absolute atomic E-state index is 0.224. The number of aromatic nitrogens is 2. The molecule has 2 aromatic heterocycles. The summed E-state index contributed by atoms with van der Waals surface area (Å²) in [5.74, 6) is 0.514. The van der Waals surface area contributed by atoms with Gasteiger partial charge < -0.3 is 15.2 Å². The lowest BCUT2D eigenvalue weighted by Gasteiger charge is -2.12. The van der Waals surface area contributed by atoms with Crippen LogP contribution in [0.15, 0.2) is 48.8 Å². The number of aryl methyl sites for hydroxylation is 2. The van der Waals surface area contributed by atoms with Gasteiger partial charge in [-0.25, -0.2) is 14.8 Å². The SMILES string of the molecule is CCOc1ccc(-c2c(C)sc3ncnc(Nc4cc(C(=O)O)ccc4C)c23)cc1. The lowest BCUT2D eigenvalue weighted by molar-refractivity contribution is 0.0697. The van der Waals surface area contributed by atoms with Gasteiger partial charge in [0.1, 0.15) is 22.7 Å². The summed E-state index contributed by atoms with van der Waals surface area (Å²) in [6.45, 7) is 6.58. The Labute approximate surface area is 178 Å². The first-order valence-electron chi connectivity index (χ1n) is 9.56. The molecule has 0 bridgehead atoms. The summed E-state index contributed by atoms with van der Waals surface area (Å²) in [6.07, 6.45) is 1.53. The van der Waals surface area contributed by atoms with Gasteiger partial charge in [0, 0.05) is 16.1 Å². The van der Waals surface area contributed by atoms with Crippen molar-refractivity contribution in [3.8, 4) is 16.9 Å². The van der Waals surface area contributed by atoms with E-state index >= 15 is 0 Å². The van der Waals surface area contributed by atoms with Gasteiger partial charge in [0.25, 0.3) is 0 Å². The Kier molecular flexibility index (Phi) is 5.37. The number of nitrogens with one attached hydrogen (secondary N) is 1. The van der Waals surface area contributed by atoms with E-state index in [4.69, 9.17) is 4.74 Å². The minimum atomic E-state index is -0.965. The number of anilines is 2. The van der Waals surface area contributed by atoms with Crippen LogP contribution < -0.4 is 10.1 Å². The molecule has 2 heterocycles. The topological polar surface area (TPSA) is 84.3 Å². The second-order valence-electron chi connectivity index (χ2n) is 6.85.